The fraction of sp³-hybridized carbons (Fsp3) is 0.222. The van der Waals surface area contributed by atoms with Gasteiger partial charge in [0.15, 0.2) is 0 Å². The third kappa shape index (κ3) is 3.81. The van der Waals surface area contributed by atoms with Crippen molar-refractivity contribution in [2.75, 3.05) is 11.9 Å². The van der Waals surface area contributed by atoms with Crippen molar-refractivity contribution in [1.29, 1.82) is 0 Å². The number of aromatic amines is 1. The van der Waals surface area contributed by atoms with Crippen molar-refractivity contribution in [1.82, 2.24) is 14.9 Å². The second-order valence-electron chi connectivity index (χ2n) is 8.73. The first-order chi connectivity index (χ1) is 15.7. The highest BCUT2D eigenvalue weighted by molar-refractivity contribution is 6.33. The molecule has 0 saturated heterocycles. The third-order valence-corrected chi connectivity index (χ3v) is 6.85. The molecule has 0 spiro atoms. The number of hydrogen-bond acceptors (Lipinski definition) is 3. The first-order valence-electron chi connectivity index (χ1n) is 11.3. The van der Waals surface area contributed by atoms with E-state index >= 15 is 0 Å². The van der Waals surface area contributed by atoms with Crippen molar-refractivity contribution in [3.05, 3.63) is 89.1 Å². The molecule has 1 fully saturated rings. The van der Waals surface area contributed by atoms with Gasteiger partial charge in [-0.3, -0.25) is 4.90 Å². The Balaban J connectivity index is 1.28. The molecule has 6 rings (SSSR count). The molecular weight excluding hydrogens is 416 g/mol. The summed E-state index contributed by atoms with van der Waals surface area (Å²) in [4.78, 5) is 10.7. The van der Waals surface area contributed by atoms with E-state index in [1.165, 1.54) is 29.7 Å². The van der Waals surface area contributed by atoms with Crippen molar-refractivity contribution in [2.45, 2.75) is 31.8 Å². The SMILES string of the molecule is Clc1ccc(Nc2cccc3c2CCN(C2CC2)C3)cc1-c1ncc(-c2ccccc2)[nH]1. The van der Waals surface area contributed by atoms with E-state index in [9.17, 15) is 0 Å². The van der Waals surface area contributed by atoms with E-state index in [4.69, 9.17) is 11.6 Å². The van der Waals surface area contributed by atoms with Gasteiger partial charge in [0.05, 0.1) is 16.9 Å². The van der Waals surface area contributed by atoms with Crippen molar-refractivity contribution < 1.29 is 0 Å². The molecule has 0 amide bonds. The largest absolute Gasteiger partial charge is 0.355 e. The van der Waals surface area contributed by atoms with Gasteiger partial charge < -0.3 is 10.3 Å². The zero-order valence-electron chi connectivity index (χ0n) is 17.8. The Kier molecular flexibility index (Phi) is 4.97. The smallest absolute Gasteiger partial charge is 0.139 e. The van der Waals surface area contributed by atoms with E-state index in [1.807, 2.05) is 36.5 Å². The van der Waals surface area contributed by atoms with Gasteiger partial charge in [0.1, 0.15) is 5.82 Å². The highest BCUT2D eigenvalue weighted by Gasteiger charge is 2.31. The molecule has 4 nitrogen and oxygen atoms in total. The van der Waals surface area contributed by atoms with E-state index in [-0.39, 0.29) is 0 Å². The number of aromatic nitrogens is 2. The van der Waals surface area contributed by atoms with Gasteiger partial charge in [-0.2, -0.15) is 0 Å². The highest BCUT2D eigenvalue weighted by Crippen LogP contribution is 2.36. The lowest BCUT2D eigenvalue weighted by atomic mass is 9.97. The lowest BCUT2D eigenvalue weighted by Gasteiger charge is -2.30. The summed E-state index contributed by atoms with van der Waals surface area (Å²) in [7, 11) is 0. The van der Waals surface area contributed by atoms with Crippen LogP contribution in [0.2, 0.25) is 5.02 Å². The Labute approximate surface area is 193 Å². The number of benzene rings is 3. The van der Waals surface area contributed by atoms with Gasteiger partial charge in [0.25, 0.3) is 0 Å². The van der Waals surface area contributed by atoms with Crippen molar-refractivity contribution in [3.8, 4) is 22.6 Å². The molecule has 1 aromatic heterocycles. The maximum Gasteiger partial charge on any atom is 0.139 e. The summed E-state index contributed by atoms with van der Waals surface area (Å²) in [5.74, 6) is 0.771. The predicted molar refractivity (Wildman–Crippen MR) is 131 cm³/mol. The summed E-state index contributed by atoms with van der Waals surface area (Å²) in [6.45, 7) is 2.22. The number of H-pyrrole nitrogens is 1. The summed E-state index contributed by atoms with van der Waals surface area (Å²) >= 11 is 6.56. The third-order valence-electron chi connectivity index (χ3n) is 6.52. The number of imidazole rings is 1. The summed E-state index contributed by atoms with van der Waals surface area (Å²) in [6, 6.07) is 23.7. The van der Waals surface area contributed by atoms with E-state index in [0.29, 0.717) is 5.02 Å². The molecule has 3 aromatic carbocycles. The molecule has 2 heterocycles. The summed E-state index contributed by atoms with van der Waals surface area (Å²) < 4.78 is 0. The first-order valence-corrected chi connectivity index (χ1v) is 11.6. The number of anilines is 2. The Hall–Kier alpha value is -3.08. The second kappa shape index (κ2) is 8.12. The number of hydrogen-bond donors (Lipinski definition) is 2. The maximum atomic E-state index is 6.56. The van der Waals surface area contributed by atoms with Gasteiger partial charge in [0.2, 0.25) is 0 Å². The summed E-state index contributed by atoms with van der Waals surface area (Å²) in [5.41, 5.74) is 8.06. The molecule has 1 saturated carbocycles. The van der Waals surface area contributed by atoms with Crippen molar-refractivity contribution in [3.63, 3.8) is 0 Å². The number of fused-ring (bicyclic) bond motifs is 1. The van der Waals surface area contributed by atoms with Crippen LogP contribution in [0.3, 0.4) is 0 Å². The standard InChI is InChI=1S/C27H25ClN4/c28-24-12-9-20(15-23(24)27-29-16-26(31-27)18-5-2-1-3-6-18)30-25-8-4-7-19-17-32(21-10-11-21)14-13-22(19)25/h1-9,12,15-16,21,30H,10-11,13-14,17H2,(H,29,31). The molecule has 0 unspecified atom stereocenters. The van der Waals surface area contributed by atoms with Crippen LogP contribution in [0.5, 0.6) is 0 Å². The van der Waals surface area contributed by atoms with Crippen LogP contribution >= 0.6 is 11.6 Å². The minimum Gasteiger partial charge on any atom is -0.355 e. The average Bonchev–Trinajstić information content (AvgIpc) is 3.57. The van der Waals surface area contributed by atoms with Gasteiger partial charge in [-0.05, 0) is 60.2 Å². The number of halogens is 1. The molecular formula is C27H25ClN4. The number of nitrogens with one attached hydrogen (secondary N) is 2. The van der Waals surface area contributed by atoms with Crippen molar-refractivity contribution in [2.24, 2.45) is 0 Å². The van der Waals surface area contributed by atoms with Crippen LogP contribution in [0.4, 0.5) is 11.4 Å². The monoisotopic (exact) mass is 440 g/mol. The molecule has 4 aromatic rings. The van der Waals surface area contributed by atoms with Crippen LogP contribution < -0.4 is 5.32 Å². The molecule has 0 radical (unpaired) electrons. The normalized spacial score (nSPS) is 16.0. The predicted octanol–water partition coefficient (Wildman–Crippen LogP) is 6.66. The first kappa shape index (κ1) is 19.6. The Bertz CT molecular complexity index is 1260. The van der Waals surface area contributed by atoms with Gasteiger partial charge in [0, 0.05) is 36.1 Å². The molecule has 160 valence electrons. The van der Waals surface area contributed by atoms with Gasteiger partial charge in [-0.15, -0.1) is 0 Å². The molecule has 0 atom stereocenters. The molecule has 1 aliphatic heterocycles. The summed E-state index contributed by atoms with van der Waals surface area (Å²) in [5, 5.41) is 4.33. The van der Waals surface area contributed by atoms with Crippen LogP contribution in [0.25, 0.3) is 22.6 Å². The number of nitrogens with zero attached hydrogens (tertiary/aromatic N) is 2. The maximum absolute atomic E-state index is 6.56. The van der Waals surface area contributed by atoms with Crippen LogP contribution in [0.1, 0.15) is 24.0 Å². The van der Waals surface area contributed by atoms with Gasteiger partial charge in [-0.25, -0.2) is 4.98 Å². The average molecular weight is 441 g/mol. The molecule has 2 aliphatic rings. The Morgan fingerprint density at radius 1 is 1.00 bits per heavy atom. The lowest BCUT2D eigenvalue weighted by Crippen LogP contribution is -2.32. The molecule has 32 heavy (non-hydrogen) atoms. The topological polar surface area (TPSA) is 44.0 Å². The fourth-order valence-electron chi connectivity index (χ4n) is 4.66. The fourth-order valence-corrected chi connectivity index (χ4v) is 4.87. The molecule has 0 bridgehead atoms. The van der Waals surface area contributed by atoms with E-state index in [0.717, 1.165) is 53.9 Å². The number of rotatable bonds is 5. The van der Waals surface area contributed by atoms with Gasteiger partial charge in [-0.1, -0.05) is 54.1 Å². The van der Waals surface area contributed by atoms with Crippen molar-refractivity contribution >= 4 is 23.0 Å². The van der Waals surface area contributed by atoms with Crippen LogP contribution in [-0.2, 0) is 13.0 Å². The molecule has 1 aliphatic carbocycles. The zero-order chi connectivity index (χ0) is 21.5. The summed E-state index contributed by atoms with van der Waals surface area (Å²) in [6.07, 6.45) is 5.67. The minimum atomic E-state index is 0.680. The second-order valence-corrected chi connectivity index (χ2v) is 9.13. The molecule has 2 N–H and O–H groups in total. The molecule has 5 heteroatoms. The Morgan fingerprint density at radius 2 is 1.88 bits per heavy atom. The lowest BCUT2D eigenvalue weighted by molar-refractivity contribution is 0.244. The van der Waals surface area contributed by atoms with Crippen LogP contribution in [-0.4, -0.2) is 27.5 Å². The Morgan fingerprint density at radius 3 is 2.72 bits per heavy atom. The van der Waals surface area contributed by atoms with E-state index < -0.39 is 0 Å². The van der Waals surface area contributed by atoms with Crippen LogP contribution in [0.15, 0.2) is 72.9 Å². The zero-order valence-corrected chi connectivity index (χ0v) is 18.6. The minimum absolute atomic E-state index is 0.680. The van der Waals surface area contributed by atoms with Crippen LogP contribution in [0, 0.1) is 0 Å². The quantitative estimate of drug-likeness (QED) is 0.364. The van der Waals surface area contributed by atoms with E-state index in [2.05, 4.69) is 56.6 Å². The van der Waals surface area contributed by atoms with Gasteiger partial charge >= 0.3 is 0 Å². The van der Waals surface area contributed by atoms with E-state index in [1.54, 1.807) is 0 Å². The highest BCUT2D eigenvalue weighted by atomic mass is 35.5.